The monoisotopic (exact) mass is 327 g/mol. The van der Waals surface area contributed by atoms with Crippen LogP contribution in [0.25, 0.3) is 22.0 Å². The number of nitrogens with zero attached hydrogens (tertiary/aromatic N) is 4. The maximum Gasteiger partial charge on any atom is 0.270 e. The van der Waals surface area contributed by atoms with Crippen LogP contribution < -0.4 is 5.73 Å². The highest BCUT2D eigenvalue weighted by Crippen LogP contribution is 2.31. The van der Waals surface area contributed by atoms with Gasteiger partial charge in [-0.3, -0.25) is 10.1 Å². The van der Waals surface area contributed by atoms with Gasteiger partial charge >= 0.3 is 0 Å². The zero-order chi connectivity index (χ0) is 16.6. The van der Waals surface area contributed by atoms with E-state index in [4.69, 9.17) is 5.73 Å². The van der Waals surface area contributed by atoms with E-state index in [0.29, 0.717) is 17.1 Å². The lowest BCUT2D eigenvalue weighted by atomic mass is 10.1. The quantitative estimate of drug-likeness (QED) is 0.449. The van der Waals surface area contributed by atoms with Gasteiger partial charge in [0.2, 0.25) is 0 Å². The third-order valence-corrected chi connectivity index (χ3v) is 4.38. The Hall–Kier alpha value is -2.87. The van der Waals surface area contributed by atoms with Crippen molar-refractivity contribution in [2.75, 3.05) is 5.73 Å². The first-order valence-electron chi connectivity index (χ1n) is 6.77. The SMILES string of the molecule is Cc1nc(C)c(-c2ccnc(-c3cc([N+](=O)[O-])ccc3N)n2)s1. The molecule has 3 aromatic rings. The number of nitro benzene ring substituents is 1. The summed E-state index contributed by atoms with van der Waals surface area (Å²) in [7, 11) is 0. The van der Waals surface area contributed by atoms with Crippen molar-refractivity contribution < 1.29 is 4.92 Å². The summed E-state index contributed by atoms with van der Waals surface area (Å²) in [5, 5.41) is 11.9. The van der Waals surface area contributed by atoms with E-state index < -0.39 is 4.92 Å². The zero-order valence-electron chi connectivity index (χ0n) is 12.5. The van der Waals surface area contributed by atoms with Gasteiger partial charge in [-0.05, 0) is 26.0 Å². The van der Waals surface area contributed by atoms with Crippen molar-refractivity contribution in [1.82, 2.24) is 15.0 Å². The van der Waals surface area contributed by atoms with E-state index in [0.717, 1.165) is 21.3 Å². The van der Waals surface area contributed by atoms with Crippen LogP contribution in [0.15, 0.2) is 30.5 Å². The number of non-ortho nitro benzene ring substituents is 1. The summed E-state index contributed by atoms with van der Waals surface area (Å²) < 4.78 is 0. The number of hydrogen-bond donors (Lipinski definition) is 1. The first-order chi connectivity index (χ1) is 11.0. The van der Waals surface area contributed by atoms with Gasteiger partial charge in [0.25, 0.3) is 5.69 Å². The average Bonchev–Trinajstić information content (AvgIpc) is 2.86. The molecular formula is C15H13N5O2S. The molecule has 116 valence electrons. The summed E-state index contributed by atoms with van der Waals surface area (Å²) >= 11 is 1.54. The van der Waals surface area contributed by atoms with Crippen LogP contribution in [-0.2, 0) is 0 Å². The van der Waals surface area contributed by atoms with Gasteiger partial charge in [0, 0.05) is 29.6 Å². The molecule has 2 heterocycles. The highest BCUT2D eigenvalue weighted by atomic mass is 32.1. The molecule has 2 aromatic heterocycles. The molecule has 0 spiro atoms. The van der Waals surface area contributed by atoms with Gasteiger partial charge in [-0.1, -0.05) is 0 Å². The third-order valence-electron chi connectivity index (χ3n) is 3.28. The van der Waals surface area contributed by atoms with Crippen LogP contribution in [0.2, 0.25) is 0 Å². The van der Waals surface area contributed by atoms with E-state index in [1.54, 1.807) is 23.6 Å². The topological polar surface area (TPSA) is 108 Å². The van der Waals surface area contributed by atoms with E-state index in [-0.39, 0.29) is 5.69 Å². The van der Waals surface area contributed by atoms with Gasteiger partial charge in [0.15, 0.2) is 5.82 Å². The van der Waals surface area contributed by atoms with Crippen molar-refractivity contribution in [3.63, 3.8) is 0 Å². The molecule has 0 aliphatic heterocycles. The van der Waals surface area contributed by atoms with E-state index in [1.165, 1.54) is 18.2 Å². The minimum Gasteiger partial charge on any atom is -0.398 e. The third kappa shape index (κ3) is 2.88. The molecule has 0 radical (unpaired) electrons. The first kappa shape index (κ1) is 15.0. The number of benzene rings is 1. The summed E-state index contributed by atoms with van der Waals surface area (Å²) in [6.07, 6.45) is 1.62. The first-order valence-corrected chi connectivity index (χ1v) is 7.59. The maximum absolute atomic E-state index is 10.9. The highest BCUT2D eigenvalue weighted by molar-refractivity contribution is 7.15. The van der Waals surface area contributed by atoms with Crippen LogP contribution in [0, 0.1) is 24.0 Å². The lowest BCUT2D eigenvalue weighted by Crippen LogP contribution is -1.97. The molecule has 0 saturated heterocycles. The Kier molecular flexibility index (Phi) is 3.75. The number of nitro groups is 1. The van der Waals surface area contributed by atoms with E-state index in [2.05, 4.69) is 15.0 Å². The normalized spacial score (nSPS) is 10.7. The number of nitrogens with two attached hydrogens (primary N) is 1. The molecule has 1 aromatic carbocycles. The lowest BCUT2D eigenvalue weighted by Gasteiger charge is -2.06. The van der Waals surface area contributed by atoms with Gasteiger partial charge < -0.3 is 5.73 Å². The van der Waals surface area contributed by atoms with Gasteiger partial charge in [-0.15, -0.1) is 11.3 Å². The Bertz CT molecular complexity index is 907. The zero-order valence-corrected chi connectivity index (χ0v) is 13.3. The molecule has 0 atom stereocenters. The minimum absolute atomic E-state index is 0.0481. The predicted molar refractivity (Wildman–Crippen MR) is 89.1 cm³/mol. The van der Waals surface area contributed by atoms with Crippen molar-refractivity contribution in [3.05, 3.63) is 51.3 Å². The Morgan fingerprint density at radius 2 is 2.00 bits per heavy atom. The summed E-state index contributed by atoms with van der Waals surface area (Å²) in [6, 6.07) is 6.03. The summed E-state index contributed by atoms with van der Waals surface area (Å²) in [5.74, 6) is 0.356. The Morgan fingerprint density at radius 3 is 2.65 bits per heavy atom. The van der Waals surface area contributed by atoms with Gasteiger partial charge in [0.05, 0.1) is 26.2 Å². The number of nitrogen functional groups attached to an aromatic ring is 1. The van der Waals surface area contributed by atoms with Gasteiger partial charge in [-0.25, -0.2) is 15.0 Å². The second kappa shape index (κ2) is 5.73. The molecule has 3 rings (SSSR count). The van der Waals surface area contributed by atoms with Crippen molar-refractivity contribution in [2.24, 2.45) is 0 Å². The number of hydrogen-bond acceptors (Lipinski definition) is 7. The van der Waals surface area contributed by atoms with Gasteiger partial charge in [-0.2, -0.15) is 0 Å². The molecule has 0 bridgehead atoms. The fourth-order valence-corrected chi connectivity index (χ4v) is 3.12. The van der Waals surface area contributed by atoms with Crippen LogP contribution >= 0.6 is 11.3 Å². The molecule has 0 unspecified atom stereocenters. The molecule has 0 saturated carbocycles. The fourth-order valence-electron chi connectivity index (χ4n) is 2.24. The lowest BCUT2D eigenvalue weighted by molar-refractivity contribution is -0.384. The van der Waals surface area contributed by atoms with Gasteiger partial charge in [0.1, 0.15) is 0 Å². The Balaban J connectivity index is 2.12. The number of aryl methyl sites for hydroxylation is 2. The van der Waals surface area contributed by atoms with E-state index >= 15 is 0 Å². The van der Waals surface area contributed by atoms with E-state index in [9.17, 15) is 10.1 Å². The molecule has 8 heteroatoms. The number of anilines is 1. The van der Waals surface area contributed by atoms with E-state index in [1.807, 2.05) is 13.8 Å². The fraction of sp³-hybridized carbons (Fsp3) is 0.133. The van der Waals surface area contributed by atoms with Crippen LogP contribution in [0.5, 0.6) is 0 Å². The predicted octanol–water partition coefficient (Wildman–Crippen LogP) is 3.37. The summed E-state index contributed by atoms with van der Waals surface area (Å²) in [5.41, 5.74) is 8.34. The minimum atomic E-state index is -0.469. The smallest absolute Gasteiger partial charge is 0.270 e. The number of thiazole rings is 1. The maximum atomic E-state index is 10.9. The molecule has 0 amide bonds. The van der Waals surface area contributed by atoms with Crippen LogP contribution in [-0.4, -0.2) is 19.9 Å². The molecule has 0 aliphatic rings. The number of aromatic nitrogens is 3. The second-order valence-corrected chi connectivity index (χ2v) is 6.14. The molecule has 23 heavy (non-hydrogen) atoms. The average molecular weight is 327 g/mol. The largest absolute Gasteiger partial charge is 0.398 e. The second-order valence-electron chi connectivity index (χ2n) is 4.94. The molecule has 0 aliphatic carbocycles. The van der Waals surface area contributed by atoms with Crippen molar-refractivity contribution in [1.29, 1.82) is 0 Å². The molecular weight excluding hydrogens is 314 g/mol. The van der Waals surface area contributed by atoms with Crippen molar-refractivity contribution in [3.8, 4) is 22.0 Å². The molecule has 7 nitrogen and oxygen atoms in total. The Labute approximate surface area is 136 Å². The summed E-state index contributed by atoms with van der Waals surface area (Å²) in [4.78, 5) is 24.5. The number of rotatable bonds is 3. The van der Waals surface area contributed by atoms with Crippen LogP contribution in [0.1, 0.15) is 10.7 Å². The molecule has 0 fully saturated rings. The van der Waals surface area contributed by atoms with Crippen LogP contribution in [0.3, 0.4) is 0 Å². The summed E-state index contributed by atoms with van der Waals surface area (Å²) in [6.45, 7) is 3.85. The molecule has 2 N–H and O–H groups in total. The highest BCUT2D eigenvalue weighted by Gasteiger charge is 2.15. The van der Waals surface area contributed by atoms with Crippen LogP contribution in [0.4, 0.5) is 11.4 Å². The van der Waals surface area contributed by atoms with Crippen molar-refractivity contribution >= 4 is 22.7 Å². The Morgan fingerprint density at radius 1 is 1.22 bits per heavy atom. The van der Waals surface area contributed by atoms with Crippen molar-refractivity contribution in [2.45, 2.75) is 13.8 Å². The standard InChI is InChI=1S/C15H13N5O2S/c1-8-14(23-9(2)18-8)13-5-6-17-15(19-13)11-7-10(20(21)22)3-4-12(11)16/h3-7H,16H2,1-2H3.